The average molecular weight is 803 g/mol. The van der Waals surface area contributed by atoms with Crippen LogP contribution >= 0.6 is 11.6 Å². The van der Waals surface area contributed by atoms with Crippen molar-refractivity contribution in [2.45, 2.75) is 57.0 Å². The normalized spacial score (nSPS) is 22.8. The van der Waals surface area contributed by atoms with Gasteiger partial charge in [-0.05, 0) is 105 Å². The molecule has 300 valence electrons. The number of imide groups is 2. The van der Waals surface area contributed by atoms with Crippen molar-refractivity contribution in [3.05, 3.63) is 87.9 Å². The molecule has 6 aliphatic heterocycles. The predicted molar refractivity (Wildman–Crippen MR) is 219 cm³/mol. The molecule has 1 unspecified atom stereocenters. The lowest BCUT2D eigenvalue weighted by Crippen LogP contribution is -2.54. The van der Waals surface area contributed by atoms with E-state index >= 15 is 0 Å². The van der Waals surface area contributed by atoms with Gasteiger partial charge in [-0.25, -0.2) is 0 Å². The quantitative estimate of drug-likeness (QED) is 0.354. The van der Waals surface area contributed by atoms with E-state index in [0.717, 1.165) is 125 Å². The number of fused-ring (bicyclic) bond motifs is 1. The van der Waals surface area contributed by atoms with Crippen molar-refractivity contribution in [2.24, 2.45) is 5.41 Å². The number of likely N-dealkylation sites (tertiary alicyclic amines) is 1. The minimum atomic E-state index is -0.979. The summed E-state index contributed by atoms with van der Waals surface area (Å²) in [5.41, 5.74) is 5.22. The van der Waals surface area contributed by atoms with Crippen LogP contribution in [0.1, 0.15) is 81.6 Å². The molecule has 5 amide bonds. The lowest BCUT2D eigenvalue weighted by molar-refractivity contribution is -0.136. The summed E-state index contributed by atoms with van der Waals surface area (Å²) >= 11 is 6.33. The van der Waals surface area contributed by atoms with Crippen LogP contribution in [0.2, 0.25) is 5.02 Å². The van der Waals surface area contributed by atoms with Gasteiger partial charge in [-0.1, -0.05) is 11.6 Å². The number of nitrogens with one attached hydrogen (secondary N) is 1. The number of piperidine rings is 3. The summed E-state index contributed by atoms with van der Waals surface area (Å²) in [6.45, 7) is 8.65. The first-order chi connectivity index (χ1) is 28.1. The average Bonchev–Trinajstić information content (AvgIpc) is 3.77. The van der Waals surface area contributed by atoms with Gasteiger partial charge >= 0.3 is 0 Å². The van der Waals surface area contributed by atoms with E-state index in [0.29, 0.717) is 22.2 Å². The van der Waals surface area contributed by atoms with E-state index in [1.807, 2.05) is 41.3 Å². The maximum atomic E-state index is 13.6. The molecule has 0 aromatic heterocycles. The molecular weight excluding hydrogens is 756 g/mol. The smallest absolute Gasteiger partial charge is 0.262 e. The molecule has 1 atom stereocenters. The summed E-state index contributed by atoms with van der Waals surface area (Å²) in [5.74, 6) is -1.91. The van der Waals surface area contributed by atoms with Crippen LogP contribution in [-0.4, -0.2) is 122 Å². The largest absolute Gasteiger partial charge is 0.371 e. The molecule has 6 aliphatic rings. The van der Waals surface area contributed by atoms with Crippen molar-refractivity contribution in [1.29, 1.82) is 5.26 Å². The van der Waals surface area contributed by atoms with Gasteiger partial charge in [0, 0.05) is 101 Å². The van der Waals surface area contributed by atoms with Gasteiger partial charge in [0.15, 0.2) is 0 Å². The zero-order chi connectivity index (χ0) is 40.1. The van der Waals surface area contributed by atoms with Gasteiger partial charge in [0.05, 0.1) is 21.7 Å². The number of carbonyl (C=O) groups is 5. The number of nitrogens with zero attached hydrogens (tertiary/aromatic N) is 7. The Labute approximate surface area is 343 Å². The molecule has 9 rings (SSSR count). The predicted octanol–water partition coefficient (Wildman–Crippen LogP) is 4.54. The van der Waals surface area contributed by atoms with E-state index in [2.05, 4.69) is 43.1 Å². The Hall–Kier alpha value is -5.45. The number of carbonyl (C=O) groups excluding carboxylic acids is 5. The summed E-state index contributed by atoms with van der Waals surface area (Å²) in [4.78, 5) is 76.7. The molecule has 58 heavy (non-hydrogen) atoms. The van der Waals surface area contributed by atoms with Gasteiger partial charge in [0.25, 0.3) is 17.7 Å². The fourth-order valence-corrected chi connectivity index (χ4v) is 10.2. The van der Waals surface area contributed by atoms with Crippen molar-refractivity contribution >= 4 is 58.2 Å². The number of amides is 5. The topological polar surface area (TPSA) is 141 Å². The molecule has 6 heterocycles. The van der Waals surface area contributed by atoms with Crippen LogP contribution in [0.25, 0.3) is 0 Å². The van der Waals surface area contributed by atoms with Crippen LogP contribution in [0.5, 0.6) is 0 Å². The summed E-state index contributed by atoms with van der Waals surface area (Å²) in [6, 6.07) is 20.8. The molecule has 14 heteroatoms. The van der Waals surface area contributed by atoms with Crippen molar-refractivity contribution in [3.63, 3.8) is 0 Å². The number of nitriles is 1. The fraction of sp³-hybridized carbons (Fsp3) is 0.455. The summed E-state index contributed by atoms with van der Waals surface area (Å²) < 4.78 is 0. The molecule has 3 aromatic carbocycles. The van der Waals surface area contributed by atoms with E-state index in [-0.39, 0.29) is 29.7 Å². The zero-order valence-electron chi connectivity index (χ0n) is 32.5. The number of hydrogen-bond donors (Lipinski definition) is 1. The minimum Gasteiger partial charge on any atom is -0.371 e. The van der Waals surface area contributed by atoms with Crippen LogP contribution in [0.15, 0.2) is 60.7 Å². The molecule has 13 nitrogen and oxygen atoms in total. The first-order valence-corrected chi connectivity index (χ1v) is 20.9. The molecule has 0 bridgehead atoms. The Morgan fingerprint density at radius 2 is 1.33 bits per heavy atom. The number of anilines is 3. The Morgan fingerprint density at radius 1 is 0.707 bits per heavy atom. The maximum absolute atomic E-state index is 13.6. The van der Waals surface area contributed by atoms with Gasteiger partial charge < -0.3 is 19.6 Å². The van der Waals surface area contributed by atoms with Crippen molar-refractivity contribution in [3.8, 4) is 6.07 Å². The Kier molecular flexibility index (Phi) is 10.1. The van der Waals surface area contributed by atoms with Crippen molar-refractivity contribution < 1.29 is 24.0 Å². The van der Waals surface area contributed by atoms with Crippen LogP contribution in [-0.2, 0) is 9.59 Å². The second-order valence-corrected chi connectivity index (χ2v) is 17.1. The molecule has 0 aliphatic carbocycles. The standard InChI is InChI=1S/C44H47ClN8O5/c45-37-26-34(6-3-30(37)27-46)52-20-15-44(28-52)13-18-48(19-14-44)31-4-1-29(2-5-31)41(56)51-16-11-32(12-17-51)49-21-23-50(24-22-49)33-7-8-35-36(25-33)43(58)53(42(35)57)38-9-10-39(54)47-40(38)55/h1-8,25-26,32,38H,9-24,28H2,(H,47,54,55). The van der Waals surface area contributed by atoms with Crippen LogP contribution in [0.3, 0.4) is 0 Å². The number of halogens is 1. The Bertz CT molecular complexity index is 2200. The van der Waals surface area contributed by atoms with Crippen molar-refractivity contribution in [2.75, 3.05) is 80.1 Å². The van der Waals surface area contributed by atoms with E-state index in [1.54, 1.807) is 12.1 Å². The van der Waals surface area contributed by atoms with Crippen LogP contribution < -0.4 is 20.0 Å². The molecule has 5 saturated heterocycles. The fourth-order valence-electron chi connectivity index (χ4n) is 10.0. The first kappa shape index (κ1) is 38.1. The van der Waals surface area contributed by atoms with E-state index < -0.39 is 29.7 Å². The molecule has 3 aromatic rings. The lowest BCUT2D eigenvalue weighted by atomic mass is 9.77. The number of benzene rings is 3. The van der Waals surface area contributed by atoms with Gasteiger partial charge in [-0.15, -0.1) is 0 Å². The molecule has 0 radical (unpaired) electrons. The third kappa shape index (κ3) is 7.06. The number of rotatable bonds is 6. The first-order valence-electron chi connectivity index (χ1n) is 20.5. The second kappa shape index (κ2) is 15.4. The van der Waals surface area contributed by atoms with E-state index in [1.165, 1.54) is 0 Å². The number of hydrogen-bond acceptors (Lipinski definition) is 10. The van der Waals surface area contributed by atoms with Crippen LogP contribution in [0, 0.1) is 16.7 Å². The SMILES string of the molecule is N#Cc1ccc(N2CCC3(CCN(c4ccc(C(=O)N5CCC(N6CCN(c7ccc8c(c7)C(=O)N(C7CCC(=O)NC7=O)C8=O)CC6)CC5)cc4)CC3)C2)cc1Cl. The zero-order valence-corrected chi connectivity index (χ0v) is 33.3. The summed E-state index contributed by atoms with van der Waals surface area (Å²) in [6.07, 6.45) is 5.43. The Morgan fingerprint density at radius 3 is 2.00 bits per heavy atom. The van der Waals surface area contributed by atoms with E-state index in [9.17, 15) is 29.2 Å². The third-order valence-electron chi connectivity index (χ3n) is 13.6. The third-order valence-corrected chi connectivity index (χ3v) is 13.9. The van der Waals surface area contributed by atoms with Gasteiger partial charge in [-0.2, -0.15) is 5.26 Å². The minimum absolute atomic E-state index is 0.0853. The van der Waals surface area contributed by atoms with Gasteiger partial charge in [0.1, 0.15) is 12.1 Å². The monoisotopic (exact) mass is 802 g/mol. The summed E-state index contributed by atoms with van der Waals surface area (Å²) in [5, 5.41) is 12.0. The molecular formula is C44H47ClN8O5. The highest BCUT2D eigenvalue weighted by molar-refractivity contribution is 6.32. The molecule has 1 spiro atoms. The van der Waals surface area contributed by atoms with Crippen LogP contribution in [0.4, 0.5) is 17.1 Å². The molecule has 1 N–H and O–H groups in total. The number of piperazine rings is 1. The Balaban J connectivity index is 0.731. The van der Waals surface area contributed by atoms with Crippen molar-refractivity contribution in [1.82, 2.24) is 20.0 Å². The lowest BCUT2D eigenvalue weighted by Gasteiger charge is -2.43. The van der Waals surface area contributed by atoms with Gasteiger partial charge in [-0.3, -0.25) is 39.1 Å². The molecule has 0 saturated carbocycles. The highest BCUT2D eigenvalue weighted by atomic mass is 35.5. The van der Waals surface area contributed by atoms with Gasteiger partial charge in [0.2, 0.25) is 11.8 Å². The second-order valence-electron chi connectivity index (χ2n) is 16.7. The summed E-state index contributed by atoms with van der Waals surface area (Å²) in [7, 11) is 0. The van der Waals surface area contributed by atoms with E-state index in [4.69, 9.17) is 11.6 Å². The molecule has 5 fully saturated rings. The maximum Gasteiger partial charge on any atom is 0.262 e. The highest BCUT2D eigenvalue weighted by Gasteiger charge is 2.45. The highest BCUT2D eigenvalue weighted by Crippen LogP contribution is 2.43.